The summed E-state index contributed by atoms with van der Waals surface area (Å²) in [5, 5.41) is 7.47. The third-order valence-corrected chi connectivity index (χ3v) is 8.21. The third-order valence-electron chi connectivity index (χ3n) is 8.21. The standard InChI is InChI=1S/C36H51N5O11/c1-25(42)38-31-33-32(51-36(2,3)52-33)30(23-41-22-29(39-40-41)27-11-8-12-28(21-27)44-4)50-34(31)48-20-19-47-18-17-46-16-15-45-14-13-37-35(43)49-24-26-9-6-5-7-10-26/h5-12,21-22,30-34,39-40H,13-20,23-24H2,1-4H3,(H,37,43)(H,38,42)/t30-,31-,32+,33-,34?/m1/s1. The second-order valence-corrected chi connectivity index (χ2v) is 12.7. The van der Waals surface area contributed by atoms with Gasteiger partial charge in [0.15, 0.2) is 12.1 Å². The van der Waals surface area contributed by atoms with Gasteiger partial charge in [0.2, 0.25) is 5.91 Å². The molecule has 2 aromatic rings. The molecule has 3 heterocycles. The number of nitrogens with zero attached hydrogens (tertiary/aromatic N) is 1. The van der Waals surface area contributed by atoms with Crippen molar-refractivity contribution in [3.05, 3.63) is 71.9 Å². The number of alkyl carbamates (subject to hydrolysis) is 1. The first-order valence-corrected chi connectivity index (χ1v) is 17.4. The molecule has 52 heavy (non-hydrogen) atoms. The molecule has 0 saturated carbocycles. The molecule has 1 unspecified atom stereocenters. The second kappa shape index (κ2) is 19.7. The number of nitrogens with one attached hydrogen (secondary N) is 4. The van der Waals surface area contributed by atoms with E-state index in [2.05, 4.69) is 21.6 Å². The van der Waals surface area contributed by atoms with Crippen molar-refractivity contribution < 1.29 is 52.2 Å². The Morgan fingerprint density at radius 3 is 2.35 bits per heavy atom. The molecule has 2 saturated heterocycles. The smallest absolute Gasteiger partial charge is 0.407 e. The zero-order chi connectivity index (χ0) is 36.8. The Morgan fingerprint density at radius 2 is 1.62 bits per heavy atom. The highest BCUT2D eigenvalue weighted by molar-refractivity contribution is 5.73. The normalized spacial score (nSPS) is 23.3. The number of fused-ring (bicyclic) bond motifs is 1. The number of ether oxygens (including phenoxy) is 9. The van der Waals surface area contributed by atoms with Crippen LogP contribution in [0.5, 0.6) is 5.75 Å². The maximum atomic E-state index is 12.2. The Labute approximate surface area is 304 Å². The van der Waals surface area contributed by atoms with Gasteiger partial charge in [-0.2, -0.15) is 0 Å². The molecule has 0 aliphatic carbocycles. The van der Waals surface area contributed by atoms with Crippen molar-refractivity contribution in [2.45, 2.75) is 63.8 Å². The van der Waals surface area contributed by atoms with Gasteiger partial charge < -0.3 is 58.7 Å². The first-order chi connectivity index (χ1) is 25.2. The molecule has 5 atom stereocenters. The van der Waals surface area contributed by atoms with Crippen LogP contribution in [0.4, 0.5) is 4.79 Å². The van der Waals surface area contributed by atoms with Crippen LogP contribution in [0.15, 0.2) is 60.8 Å². The van der Waals surface area contributed by atoms with Crippen molar-refractivity contribution in [1.82, 2.24) is 26.6 Å². The van der Waals surface area contributed by atoms with Crippen LogP contribution in [-0.4, -0.2) is 120 Å². The van der Waals surface area contributed by atoms with Crippen LogP contribution in [0.2, 0.25) is 0 Å². The van der Waals surface area contributed by atoms with E-state index in [-0.39, 0.29) is 25.7 Å². The summed E-state index contributed by atoms with van der Waals surface area (Å²) in [5.41, 5.74) is 9.08. The summed E-state index contributed by atoms with van der Waals surface area (Å²) in [6, 6.07) is 16.6. The van der Waals surface area contributed by atoms with Crippen LogP contribution in [0.3, 0.4) is 0 Å². The largest absolute Gasteiger partial charge is 0.497 e. The fourth-order valence-corrected chi connectivity index (χ4v) is 5.89. The molecule has 286 valence electrons. The lowest BCUT2D eigenvalue weighted by molar-refractivity contribution is -0.250. The van der Waals surface area contributed by atoms with Crippen LogP contribution >= 0.6 is 0 Å². The number of hydrogen-bond acceptors (Lipinski definition) is 14. The molecule has 2 fully saturated rings. The SMILES string of the molecule is COc1cccc(C2=CN(C[C@H]3OC(OCCOCCOCCOCCNC(=O)OCc4ccccc4)[C@H](NC(C)=O)[C@H]4OC(C)(C)O[C@H]43)NN2)c1. The zero-order valence-corrected chi connectivity index (χ0v) is 30.2. The second-order valence-electron chi connectivity index (χ2n) is 12.7. The molecule has 3 aliphatic heterocycles. The van der Waals surface area contributed by atoms with Crippen molar-refractivity contribution in [2.24, 2.45) is 0 Å². The van der Waals surface area contributed by atoms with Gasteiger partial charge in [-0.25, -0.2) is 4.79 Å². The summed E-state index contributed by atoms with van der Waals surface area (Å²) < 4.78 is 52.5. The lowest BCUT2D eigenvalue weighted by Gasteiger charge is -2.43. The zero-order valence-electron chi connectivity index (χ0n) is 30.2. The molecule has 0 spiro atoms. The van der Waals surface area contributed by atoms with E-state index < -0.39 is 42.5 Å². The number of hydrazine groups is 2. The van der Waals surface area contributed by atoms with E-state index in [0.29, 0.717) is 46.1 Å². The molecule has 3 aliphatic rings. The summed E-state index contributed by atoms with van der Waals surface area (Å²) in [6.45, 7) is 8.37. The number of hydrogen-bond donors (Lipinski definition) is 4. The summed E-state index contributed by atoms with van der Waals surface area (Å²) in [5.74, 6) is -0.371. The minimum Gasteiger partial charge on any atom is -0.497 e. The van der Waals surface area contributed by atoms with E-state index in [1.165, 1.54) is 6.92 Å². The number of carbonyl (C=O) groups excluding carboxylic acids is 2. The number of rotatable bonds is 20. The monoisotopic (exact) mass is 729 g/mol. The maximum absolute atomic E-state index is 12.2. The van der Waals surface area contributed by atoms with E-state index in [1.54, 1.807) is 7.11 Å². The summed E-state index contributed by atoms with van der Waals surface area (Å²) in [4.78, 5) is 24.0. The van der Waals surface area contributed by atoms with Crippen LogP contribution in [0.25, 0.3) is 5.70 Å². The van der Waals surface area contributed by atoms with Gasteiger partial charge in [-0.3, -0.25) is 9.80 Å². The van der Waals surface area contributed by atoms with Gasteiger partial charge in [0, 0.05) is 25.2 Å². The fourth-order valence-electron chi connectivity index (χ4n) is 5.89. The number of methoxy groups -OCH3 is 1. The quantitative estimate of drug-likeness (QED) is 0.146. The van der Waals surface area contributed by atoms with E-state index in [4.69, 9.17) is 42.6 Å². The Balaban J connectivity index is 0.994. The highest BCUT2D eigenvalue weighted by Crippen LogP contribution is 2.38. The average molecular weight is 730 g/mol. The van der Waals surface area contributed by atoms with Gasteiger partial charge >= 0.3 is 6.09 Å². The Morgan fingerprint density at radius 1 is 0.904 bits per heavy atom. The first kappa shape index (κ1) is 39.2. The molecule has 0 bridgehead atoms. The van der Waals surface area contributed by atoms with Crippen molar-refractivity contribution in [3.63, 3.8) is 0 Å². The molecule has 5 rings (SSSR count). The first-order valence-electron chi connectivity index (χ1n) is 17.4. The van der Waals surface area contributed by atoms with E-state index >= 15 is 0 Å². The van der Waals surface area contributed by atoms with Gasteiger partial charge in [0.05, 0.1) is 65.6 Å². The molecular weight excluding hydrogens is 678 g/mol. The summed E-state index contributed by atoms with van der Waals surface area (Å²) in [7, 11) is 1.63. The molecule has 2 aromatic carbocycles. The predicted molar refractivity (Wildman–Crippen MR) is 187 cm³/mol. The molecule has 0 radical (unpaired) electrons. The third kappa shape index (κ3) is 12.0. The van der Waals surface area contributed by atoms with Gasteiger partial charge in [-0.15, -0.1) is 5.53 Å². The Bertz CT molecular complexity index is 1450. The van der Waals surface area contributed by atoms with Crippen molar-refractivity contribution in [1.29, 1.82) is 0 Å². The summed E-state index contributed by atoms with van der Waals surface area (Å²) >= 11 is 0. The van der Waals surface area contributed by atoms with Crippen LogP contribution < -0.4 is 26.3 Å². The minimum absolute atomic E-state index is 0.211. The number of carbonyl (C=O) groups is 2. The molecule has 16 heteroatoms. The highest BCUT2D eigenvalue weighted by atomic mass is 16.8. The molecular formula is C36H51N5O11. The fraction of sp³-hybridized carbons (Fsp3) is 0.556. The van der Waals surface area contributed by atoms with Crippen LogP contribution in [0.1, 0.15) is 31.9 Å². The number of benzene rings is 2. The van der Waals surface area contributed by atoms with Gasteiger partial charge in [-0.1, -0.05) is 42.5 Å². The summed E-state index contributed by atoms with van der Waals surface area (Å²) in [6.07, 6.45) is -0.831. The van der Waals surface area contributed by atoms with E-state index in [0.717, 1.165) is 22.6 Å². The average Bonchev–Trinajstić information content (AvgIpc) is 3.74. The van der Waals surface area contributed by atoms with Crippen molar-refractivity contribution >= 4 is 17.7 Å². The Hall–Kier alpha value is -4.00. The van der Waals surface area contributed by atoms with E-state index in [1.807, 2.05) is 79.7 Å². The van der Waals surface area contributed by atoms with Crippen LogP contribution in [-0.2, 0) is 49.3 Å². The number of amides is 2. The van der Waals surface area contributed by atoms with Crippen molar-refractivity contribution in [2.75, 3.05) is 66.4 Å². The Kier molecular flexibility index (Phi) is 14.9. The van der Waals surface area contributed by atoms with Crippen LogP contribution in [0, 0.1) is 0 Å². The molecule has 0 aromatic heterocycles. The lowest BCUT2D eigenvalue weighted by atomic mass is 9.96. The van der Waals surface area contributed by atoms with Gasteiger partial charge in [-0.05, 0) is 31.5 Å². The van der Waals surface area contributed by atoms with Crippen molar-refractivity contribution in [3.8, 4) is 5.75 Å². The highest BCUT2D eigenvalue weighted by Gasteiger charge is 2.56. The molecule has 2 amide bonds. The molecule has 16 nitrogen and oxygen atoms in total. The van der Waals surface area contributed by atoms with Gasteiger partial charge in [0.1, 0.15) is 36.7 Å². The molecule has 4 N–H and O–H groups in total. The minimum atomic E-state index is -0.886. The lowest BCUT2D eigenvalue weighted by Crippen LogP contribution is -2.64. The van der Waals surface area contributed by atoms with E-state index in [9.17, 15) is 9.59 Å². The maximum Gasteiger partial charge on any atom is 0.407 e. The van der Waals surface area contributed by atoms with Gasteiger partial charge in [0.25, 0.3) is 0 Å². The predicted octanol–water partition coefficient (Wildman–Crippen LogP) is 2.06. The topological polar surface area (TPSA) is 169 Å².